The lowest BCUT2D eigenvalue weighted by atomic mass is 10.0. The second-order valence-electron chi connectivity index (χ2n) is 5.74. The molecular formula is C18H22N2O. The van der Waals surface area contributed by atoms with E-state index in [1.165, 1.54) is 16.9 Å². The van der Waals surface area contributed by atoms with Crippen LogP contribution in [0.3, 0.4) is 0 Å². The van der Waals surface area contributed by atoms with Crippen molar-refractivity contribution in [3.63, 3.8) is 0 Å². The van der Waals surface area contributed by atoms with Crippen molar-refractivity contribution in [1.29, 1.82) is 0 Å². The average Bonchev–Trinajstić information content (AvgIpc) is 2.51. The van der Waals surface area contributed by atoms with Crippen LogP contribution in [-0.2, 0) is 0 Å². The SMILES string of the molecule is Cc1ccccc1NC1CCN(c2ccc(O)cc2)CC1. The normalized spacial score (nSPS) is 16.0. The van der Waals surface area contributed by atoms with Crippen LogP contribution in [0.5, 0.6) is 5.75 Å². The molecule has 0 bridgehead atoms. The predicted molar refractivity (Wildman–Crippen MR) is 88.1 cm³/mol. The lowest BCUT2D eigenvalue weighted by molar-refractivity contribution is 0.475. The smallest absolute Gasteiger partial charge is 0.115 e. The Morgan fingerprint density at radius 1 is 1.00 bits per heavy atom. The maximum absolute atomic E-state index is 9.36. The maximum atomic E-state index is 9.36. The zero-order valence-electron chi connectivity index (χ0n) is 12.4. The molecule has 0 unspecified atom stereocenters. The fourth-order valence-corrected chi connectivity index (χ4v) is 2.90. The standard InChI is InChI=1S/C18H22N2O/c1-14-4-2-3-5-18(14)19-15-10-12-20(13-11-15)16-6-8-17(21)9-7-16/h2-9,15,19,21H,10-13H2,1H3. The van der Waals surface area contributed by atoms with E-state index in [9.17, 15) is 5.11 Å². The number of para-hydroxylation sites is 1. The van der Waals surface area contributed by atoms with Gasteiger partial charge in [0.2, 0.25) is 0 Å². The van der Waals surface area contributed by atoms with E-state index in [0.29, 0.717) is 11.8 Å². The van der Waals surface area contributed by atoms with E-state index in [0.717, 1.165) is 25.9 Å². The molecule has 1 aliphatic heterocycles. The first kappa shape index (κ1) is 13.8. The van der Waals surface area contributed by atoms with Gasteiger partial charge in [-0.15, -0.1) is 0 Å². The summed E-state index contributed by atoms with van der Waals surface area (Å²) >= 11 is 0. The Morgan fingerprint density at radius 3 is 2.33 bits per heavy atom. The van der Waals surface area contributed by atoms with E-state index < -0.39 is 0 Å². The topological polar surface area (TPSA) is 35.5 Å². The lowest BCUT2D eigenvalue weighted by Gasteiger charge is -2.34. The molecule has 3 nitrogen and oxygen atoms in total. The summed E-state index contributed by atoms with van der Waals surface area (Å²) in [6.45, 7) is 4.25. The van der Waals surface area contributed by atoms with Gasteiger partial charge in [0.15, 0.2) is 0 Å². The van der Waals surface area contributed by atoms with Gasteiger partial charge in [-0.2, -0.15) is 0 Å². The lowest BCUT2D eigenvalue weighted by Crippen LogP contribution is -2.39. The number of phenols is 1. The molecule has 0 saturated carbocycles. The predicted octanol–water partition coefficient (Wildman–Crippen LogP) is 3.78. The molecule has 2 N–H and O–H groups in total. The third kappa shape index (κ3) is 3.30. The van der Waals surface area contributed by atoms with Crippen molar-refractivity contribution in [3.8, 4) is 5.75 Å². The largest absolute Gasteiger partial charge is 0.508 e. The highest BCUT2D eigenvalue weighted by atomic mass is 16.3. The minimum absolute atomic E-state index is 0.329. The first-order chi connectivity index (χ1) is 10.2. The number of nitrogens with one attached hydrogen (secondary N) is 1. The molecule has 1 heterocycles. The minimum atomic E-state index is 0.329. The van der Waals surface area contributed by atoms with Gasteiger partial charge in [0.25, 0.3) is 0 Å². The number of benzene rings is 2. The monoisotopic (exact) mass is 282 g/mol. The summed E-state index contributed by atoms with van der Waals surface area (Å²) in [6, 6.07) is 16.5. The average molecular weight is 282 g/mol. The van der Waals surface area contributed by atoms with Crippen molar-refractivity contribution in [2.45, 2.75) is 25.8 Å². The van der Waals surface area contributed by atoms with Gasteiger partial charge in [-0.1, -0.05) is 18.2 Å². The number of hydrogen-bond acceptors (Lipinski definition) is 3. The van der Waals surface area contributed by atoms with E-state index in [1.54, 1.807) is 12.1 Å². The van der Waals surface area contributed by atoms with Gasteiger partial charge >= 0.3 is 0 Å². The summed E-state index contributed by atoms with van der Waals surface area (Å²) in [5.41, 5.74) is 3.75. The van der Waals surface area contributed by atoms with Crippen LogP contribution in [0.4, 0.5) is 11.4 Å². The number of nitrogens with zero attached hydrogens (tertiary/aromatic N) is 1. The van der Waals surface area contributed by atoms with E-state index in [-0.39, 0.29) is 0 Å². The quantitative estimate of drug-likeness (QED) is 0.899. The highest BCUT2D eigenvalue weighted by Gasteiger charge is 2.19. The molecular weight excluding hydrogens is 260 g/mol. The van der Waals surface area contributed by atoms with E-state index >= 15 is 0 Å². The summed E-state index contributed by atoms with van der Waals surface area (Å²) in [6.07, 6.45) is 2.27. The Labute approximate surface area is 126 Å². The number of aromatic hydroxyl groups is 1. The van der Waals surface area contributed by atoms with Gasteiger partial charge in [-0.25, -0.2) is 0 Å². The zero-order valence-corrected chi connectivity index (χ0v) is 12.4. The number of rotatable bonds is 3. The highest BCUT2D eigenvalue weighted by Crippen LogP contribution is 2.24. The summed E-state index contributed by atoms with van der Waals surface area (Å²) in [5, 5.41) is 13.0. The van der Waals surface area contributed by atoms with Gasteiger partial charge in [0.05, 0.1) is 0 Å². The minimum Gasteiger partial charge on any atom is -0.508 e. The molecule has 1 fully saturated rings. The zero-order chi connectivity index (χ0) is 14.7. The molecule has 1 saturated heterocycles. The molecule has 21 heavy (non-hydrogen) atoms. The second kappa shape index (κ2) is 6.08. The van der Waals surface area contributed by atoms with Crippen LogP contribution < -0.4 is 10.2 Å². The molecule has 1 aliphatic rings. The van der Waals surface area contributed by atoms with Crippen LogP contribution in [-0.4, -0.2) is 24.2 Å². The van der Waals surface area contributed by atoms with Crippen LogP contribution in [0.2, 0.25) is 0 Å². The Bertz CT molecular complexity index is 586. The Kier molecular flexibility index (Phi) is 4.00. The Hall–Kier alpha value is -2.16. The molecule has 0 spiro atoms. The van der Waals surface area contributed by atoms with Crippen molar-refractivity contribution in [2.75, 3.05) is 23.3 Å². The molecule has 110 valence electrons. The third-order valence-electron chi connectivity index (χ3n) is 4.21. The van der Waals surface area contributed by atoms with Gasteiger partial charge < -0.3 is 15.3 Å². The molecule has 0 atom stereocenters. The molecule has 3 rings (SSSR count). The first-order valence-corrected chi connectivity index (χ1v) is 7.58. The van der Waals surface area contributed by atoms with E-state index in [4.69, 9.17) is 0 Å². The third-order valence-corrected chi connectivity index (χ3v) is 4.21. The van der Waals surface area contributed by atoms with E-state index in [1.807, 2.05) is 12.1 Å². The van der Waals surface area contributed by atoms with Crippen molar-refractivity contribution in [3.05, 3.63) is 54.1 Å². The maximum Gasteiger partial charge on any atom is 0.115 e. The molecule has 0 amide bonds. The van der Waals surface area contributed by atoms with Gasteiger partial charge in [-0.3, -0.25) is 0 Å². The van der Waals surface area contributed by atoms with Crippen LogP contribution in [0.1, 0.15) is 18.4 Å². The molecule has 0 radical (unpaired) electrons. The van der Waals surface area contributed by atoms with Crippen molar-refractivity contribution in [1.82, 2.24) is 0 Å². The van der Waals surface area contributed by atoms with Crippen molar-refractivity contribution in [2.24, 2.45) is 0 Å². The van der Waals surface area contributed by atoms with E-state index in [2.05, 4.69) is 41.4 Å². The van der Waals surface area contributed by atoms with Crippen LogP contribution >= 0.6 is 0 Å². The summed E-state index contributed by atoms with van der Waals surface area (Å²) < 4.78 is 0. The van der Waals surface area contributed by atoms with Crippen LogP contribution in [0, 0.1) is 6.92 Å². The van der Waals surface area contributed by atoms with Crippen LogP contribution in [0.15, 0.2) is 48.5 Å². The number of phenolic OH excluding ortho intramolecular Hbond substituents is 1. The van der Waals surface area contributed by atoms with Gasteiger partial charge in [-0.05, 0) is 55.7 Å². The van der Waals surface area contributed by atoms with Crippen LogP contribution in [0.25, 0.3) is 0 Å². The summed E-state index contributed by atoms with van der Waals surface area (Å²) in [4.78, 5) is 2.38. The highest BCUT2D eigenvalue weighted by molar-refractivity contribution is 5.52. The fourth-order valence-electron chi connectivity index (χ4n) is 2.90. The summed E-state index contributed by atoms with van der Waals surface area (Å²) in [7, 11) is 0. The summed E-state index contributed by atoms with van der Waals surface area (Å²) in [5.74, 6) is 0.329. The molecule has 3 heteroatoms. The van der Waals surface area contributed by atoms with Crippen molar-refractivity contribution >= 4 is 11.4 Å². The Balaban J connectivity index is 1.58. The fraction of sp³-hybridized carbons (Fsp3) is 0.333. The Morgan fingerprint density at radius 2 is 1.67 bits per heavy atom. The second-order valence-corrected chi connectivity index (χ2v) is 5.74. The number of hydrogen-bond donors (Lipinski definition) is 2. The number of anilines is 2. The molecule has 2 aromatic carbocycles. The molecule has 0 aromatic heterocycles. The number of aryl methyl sites for hydroxylation is 1. The molecule has 2 aromatic rings. The van der Waals surface area contributed by atoms with Gasteiger partial charge in [0, 0.05) is 30.5 Å². The molecule has 0 aliphatic carbocycles. The number of piperidine rings is 1. The van der Waals surface area contributed by atoms with Gasteiger partial charge in [0.1, 0.15) is 5.75 Å². The first-order valence-electron chi connectivity index (χ1n) is 7.58. The van der Waals surface area contributed by atoms with Crippen molar-refractivity contribution < 1.29 is 5.11 Å².